The van der Waals surface area contributed by atoms with Crippen molar-refractivity contribution in [3.8, 4) is 0 Å². The smallest absolute Gasteiger partial charge is 0.411 e. The Hall–Kier alpha value is -3.39. The number of fused-ring (bicyclic) bond motifs is 1. The van der Waals surface area contributed by atoms with Gasteiger partial charge < -0.3 is 9.57 Å². The fraction of sp³-hybridized carbons (Fsp3) is 0.0588. The molecule has 3 amide bonds. The minimum atomic E-state index is -0.992. The van der Waals surface area contributed by atoms with E-state index in [9.17, 15) is 19.2 Å². The average molecular weight is 375 g/mol. The fourth-order valence-corrected chi connectivity index (χ4v) is 2.57. The highest BCUT2D eigenvalue weighted by Crippen LogP contribution is 2.26. The van der Waals surface area contributed by atoms with Crippen LogP contribution < -0.4 is 5.32 Å². The van der Waals surface area contributed by atoms with Crippen molar-refractivity contribution in [1.82, 2.24) is 5.06 Å². The predicted octanol–water partition coefficient (Wildman–Crippen LogP) is 2.89. The van der Waals surface area contributed by atoms with Gasteiger partial charge in [0, 0.05) is 5.69 Å². The number of hydrogen-bond donors (Lipinski definition) is 1. The van der Waals surface area contributed by atoms with E-state index in [-0.39, 0.29) is 21.7 Å². The molecule has 0 saturated carbocycles. The molecule has 0 bridgehead atoms. The second-order valence-corrected chi connectivity index (χ2v) is 5.55. The van der Waals surface area contributed by atoms with Crippen LogP contribution >= 0.6 is 11.6 Å². The van der Waals surface area contributed by atoms with Crippen molar-refractivity contribution in [3.63, 3.8) is 0 Å². The summed E-state index contributed by atoms with van der Waals surface area (Å²) in [7, 11) is 1.20. The first-order valence-electron chi connectivity index (χ1n) is 7.27. The first-order chi connectivity index (χ1) is 12.4. The standard InChI is InChI=1S/C17H11ClN2O6/c1-25-17(24)19-9-6-7-12(13(18)8-9)16(23)26-20-14(21)10-4-2-3-5-11(10)15(20)22/h2-8H,1H3,(H,19,24). The van der Waals surface area contributed by atoms with Crippen LogP contribution in [-0.2, 0) is 9.57 Å². The summed E-state index contributed by atoms with van der Waals surface area (Å²) >= 11 is 6.02. The van der Waals surface area contributed by atoms with Crippen LogP contribution in [0, 0.1) is 0 Å². The summed E-state index contributed by atoms with van der Waals surface area (Å²) in [6.07, 6.45) is -0.706. The zero-order valence-electron chi connectivity index (χ0n) is 13.3. The zero-order valence-corrected chi connectivity index (χ0v) is 14.1. The van der Waals surface area contributed by atoms with Crippen LogP contribution in [0.15, 0.2) is 42.5 Å². The molecule has 0 fully saturated rings. The number of hydrogen-bond acceptors (Lipinski definition) is 6. The first-order valence-corrected chi connectivity index (χ1v) is 7.65. The second-order valence-electron chi connectivity index (χ2n) is 5.14. The van der Waals surface area contributed by atoms with Crippen molar-refractivity contribution in [2.24, 2.45) is 0 Å². The molecule has 0 unspecified atom stereocenters. The Labute approximate surface area is 152 Å². The van der Waals surface area contributed by atoms with E-state index in [0.717, 1.165) is 0 Å². The molecule has 26 heavy (non-hydrogen) atoms. The molecule has 3 rings (SSSR count). The number of nitrogens with one attached hydrogen (secondary N) is 1. The van der Waals surface area contributed by atoms with Gasteiger partial charge >= 0.3 is 12.1 Å². The summed E-state index contributed by atoms with van der Waals surface area (Å²) in [4.78, 5) is 52.8. The Morgan fingerprint density at radius 1 is 1.04 bits per heavy atom. The van der Waals surface area contributed by atoms with Gasteiger partial charge in [-0.05, 0) is 30.3 Å². The van der Waals surface area contributed by atoms with E-state index in [2.05, 4.69) is 10.1 Å². The van der Waals surface area contributed by atoms with Gasteiger partial charge in [-0.3, -0.25) is 14.9 Å². The van der Waals surface area contributed by atoms with Crippen molar-refractivity contribution >= 4 is 41.2 Å². The highest BCUT2D eigenvalue weighted by molar-refractivity contribution is 6.34. The lowest BCUT2D eigenvalue weighted by Crippen LogP contribution is -2.32. The van der Waals surface area contributed by atoms with E-state index in [1.165, 1.54) is 37.4 Å². The van der Waals surface area contributed by atoms with Gasteiger partial charge in [-0.25, -0.2) is 9.59 Å². The molecule has 1 heterocycles. The zero-order chi connectivity index (χ0) is 18.8. The Kier molecular flexibility index (Phi) is 4.59. The normalized spacial score (nSPS) is 12.6. The Bertz CT molecular complexity index is 908. The summed E-state index contributed by atoms with van der Waals surface area (Å²) in [6, 6.07) is 10.1. The van der Waals surface area contributed by atoms with Crippen LogP contribution in [0.25, 0.3) is 0 Å². The molecule has 132 valence electrons. The van der Waals surface area contributed by atoms with Crippen LogP contribution in [0.4, 0.5) is 10.5 Å². The number of imide groups is 1. The quantitative estimate of drug-likeness (QED) is 0.829. The lowest BCUT2D eigenvalue weighted by atomic mass is 10.1. The molecule has 2 aromatic carbocycles. The van der Waals surface area contributed by atoms with E-state index in [1.54, 1.807) is 12.1 Å². The third kappa shape index (κ3) is 3.09. The van der Waals surface area contributed by atoms with E-state index in [1.807, 2.05) is 0 Å². The first kappa shape index (κ1) is 17.4. The highest BCUT2D eigenvalue weighted by Gasteiger charge is 2.39. The predicted molar refractivity (Wildman–Crippen MR) is 89.8 cm³/mol. The number of halogens is 1. The van der Waals surface area contributed by atoms with E-state index >= 15 is 0 Å². The summed E-state index contributed by atoms with van der Waals surface area (Å²) in [5.74, 6) is -2.47. The molecule has 9 heteroatoms. The number of amides is 3. The number of carbonyl (C=O) groups is 4. The Balaban J connectivity index is 1.78. The van der Waals surface area contributed by atoms with Gasteiger partial charge in [0.25, 0.3) is 11.8 Å². The number of hydroxylamine groups is 2. The number of anilines is 1. The van der Waals surface area contributed by atoms with Crippen molar-refractivity contribution < 1.29 is 28.8 Å². The topological polar surface area (TPSA) is 102 Å². The van der Waals surface area contributed by atoms with Crippen molar-refractivity contribution in [2.75, 3.05) is 12.4 Å². The SMILES string of the molecule is COC(=O)Nc1ccc(C(=O)ON2C(=O)c3ccccc3C2=O)c(Cl)c1. The van der Waals surface area contributed by atoms with Gasteiger partial charge in [0.15, 0.2) is 0 Å². The number of nitrogens with zero attached hydrogens (tertiary/aromatic N) is 1. The number of rotatable bonds is 3. The van der Waals surface area contributed by atoms with Gasteiger partial charge in [-0.15, -0.1) is 0 Å². The molecule has 0 aromatic heterocycles. The molecule has 1 aliphatic heterocycles. The molecule has 1 aliphatic rings. The second kappa shape index (κ2) is 6.85. The molecule has 0 spiro atoms. The van der Waals surface area contributed by atoms with Crippen molar-refractivity contribution in [1.29, 1.82) is 0 Å². The van der Waals surface area contributed by atoms with E-state index < -0.39 is 23.9 Å². The molecular weight excluding hydrogens is 364 g/mol. The maximum atomic E-state index is 12.3. The third-order valence-electron chi connectivity index (χ3n) is 3.55. The highest BCUT2D eigenvalue weighted by atomic mass is 35.5. The van der Waals surface area contributed by atoms with Gasteiger partial charge in [-0.2, -0.15) is 0 Å². The molecular formula is C17H11ClN2O6. The van der Waals surface area contributed by atoms with Crippen LogP contribution in [0.2, 0.25) is 5.02 Å². The van der Waals surface area contributed by atoms with Crippen LogP contribution in [-0.4, -0.2) is 36.0 Å². The molecule has 0 radical (unpaired) electrons. The number of methoxy groups -OCH3 is 1. The van der Waals surface area contributed by atoms with Crippen molar-refractivity contribution in [3.05, 3.63) is 64.2 Å². The molecule has 0 saturated heterocycles. The summed E-state index contributed by atoms with van der Waals surface area (Å²) < 4.78 is 4.45. The van der Waals surface area contributed by atoms with Crippen LogP contribution in [0.3, 0.4) is 0 Å². The summed E-state index contributed by atoms with van der Waals surface area (Å²) in [6.45, 7) is 0. The van der Waals surface area contributed by atoms with E-state index in [0.29, 0.717) is 10.8 Å². The average Bonchev–Trinajstić information content (AvgIpc) is 2.87. The summed E-state index contributed by atoms with van der Waals surface area (Å²) in [5, 5.41) is 2.73. The molecule has 1 N–H and O–H groups in total. The van der Waals surface area contributed by atoms with Crippen LogP contribution in [0.1, 0.15) is 31.1 Å². The summed E-state index contributed by atoms with van der Waals surface area (Å²) in [5.41, 5.74) is 0.501. The number of ether oxygens (including phenoxy) is 1. The minimum absolute atomic E-state index is 0.0412. The maximum absolute atomic E-state index is 12.3. The molecule has 2 aromatic rings. The molecule has 0 aliphatic carbocycles. The molecule has 0 atom stereocenters. The number of benzene rings is 2. The van der Waals surface area contributed by atoms with Gasteiger partial charge in [0.05, 0.1) is 28.8 Å². The number of carbonyl (C=O) groups excluding carboxylic acids is 4. The fourth-order valence-electron chi connectivity index (χ4n) is 2.31. The van der Waals surface area contributed by atoms with Crippen molar-refractivity contribution in [2.45, 2.75) is 0 Å². The Morgan fingerprint density at radius 3 is 2.19 bits per heavy atom. The van der Waals surface area contributed by atoms with Crippen LogP contribution in [0.5, 0.6) is 0 Å². The third-order valence-corrected chi connectivity index (χ3v) is 3.86. The maximum Gasteiger partial charge on any atom is 0.411 e. The van der Waals surface area contributed by atoms with Gasteiger partial charge in [0.1, 0.15) is 0 Å². The molecule has 8 nitrogen and oxygen atoms in total. The van der Waals surface area contributed by atoms with E-state index in [4.69, 9.17) is 16.4 Å². The van der Waals surface area contributed by atoms with Gasteiger partial charge in [0.2, 0.25) is 0 Å². The van der Waals surface area contributed by atoms with Gasteiger partial charge in [-0.1, -0.05) is 28.8 Å². The largest absolute Gasteiger partial charge is 0.453 e. The monoisotopic (exact) mass is 374 g/mol. The lowest BCUT2D eigenvalue weighted by Gasteiger charge is -2.13. The Morgan fingerprint density at radius 2 is 1.65 bits per heavy atom. The minimum Gasteiger partial charge on any atom is -0.453 e. The lowest BCUT2D eigenvalue weighted by molar-refractivity contribution is -0.0584.